The zero-order valence-electron chi connectivity index (χ0n) is 12.1. The van der Waals surface area contributed by atoms with Crippen molar-refractivity contribution < 1.29 is 14.3 Å². The molecule has 0 aliphatic carbocycles. The second-order valence-electron chi connectivity index (χ2n) is 5.46. The molecule has 0 bridgehead atoms. The molecule has 1 aliphatic rings. The first-order chi connectivity index (χ1) is 9.58. The van der Waals surface area contributed by atoms with Crippen LogP contribution in [0.15, 0.2) is 30.3 Å². The molecule has 1 unspecified atom stereocenters. The average Bonchev–Trinajstić information content (AvgIpc) is 2.77. The number of aryl methyl sites for hydroxylation is 1. The third kappa shape index (κ3) is 2.84. The number of hydrogen-bond acceptors (Lipinski definition) is 3. The normalized spacial score (nSPS) is 22.1. The minimum atomic E-state index is -0.985. The summed E-state index contributed by atoms with van der Waals surface area (Å²) in [5.74, 6) is -0.523. The van der Waals surface area contributed by atoms with Gasteiger partial charge in [0.2, 0.25) is 5.91 Å². The van der Waals surface area contributed by atoms with E-state index in [1.807, 2.05) is 18.2 Å². The number of benzene rings is 1. The highest BCUT2D eigenvalue weighted by molar-refractivity contribution is 6.03. The average molecular weight is 275 g/mol. The van der Waals surface area contributed by atoms with Crippen molar-refractivity contribution in [1.29, 1.82) is 0 Å². The Morgan fingerprint density at radius 2 is 2.05 bits per heavy atom. The minimum absolute atomic E-state index is 0.0996. The van der Waals surface area contributed by atoms with E-state index in [2.05, 4.69) is 12.1 Å². The molecule has 4 nitrogen and oxygen atoms in total. The van der Waals surface area contributed by atoms with Gasteiger partial charge < -0.3 is 9.64 Å². The lowest BCUT2D eigenvalue weighted by atomic mass is 9.89. The monoisotopic (exact) mass is 275 g/mol. The van der Waals surface area contributed by atoms with E-state index in [1.54, 1.807) is 11.8 Å². The van der Waals surface area contributed by atoms with Crippen LogP contribution in [-0.4, -0.2) is 37.0 Å². The molecule has 1 aromatic carbocycles. The molecule has 0 N–H and O–H groups in total. The predicted octanol–water partition coefficient (Wildman–Crippen LogP) is 2.03. The molecule has 1 fully saturated rings. The van der Waals surface area contributed by atoms with E-state index in [0.29, 0.717) is 19.5 Å². The summed E-state index contributed by atoms with van der Waals surface area (Å²) in [7, 11) is 1.33. The van der Waals surface area contributed by atoms with Crippen molar-refractivity contribution in [2.24, 2.45) is 5.41 Å². The van der Waals surface area contributed by atoms with Gasteiger partial charge >= 0.3 is 5.97 Å². The molecular weight excluding hydrogens is 254 g/mol. The van der Waals surface area contributed by atoms with Crippen LogP contribution in [-0.2, 0) is 20.7 Å². The zero-order chi connectivity index (χ0) is 14.6. The van der Waals surface area contributed by atoms with Gasteiger partial charge in [-0.1, -0.05) is 30.3 Å². The van der Waals surface area contributed by atoms with Crippen LogP contribution in [0.5, 0.6) is 0 Å². The summed E-state index contributed by atoms with van der Waals surface area (Å²) >= 11 is 0. The van der Waals surface area contributed by atoms with E-state index in [4.69, 9.17) is 4.74 Å². The Balaban J connectivity index is 1.86. The van der Waals surface area contributed by atoms with E-state index in [9.17, 15) is 9.59 Å². The first kappa shape index (κ1) is 14.6. The van der Waals surface area contributed by atoms with Crippen molar-refractivity contribution in [2.75, 3.05) is 20.2 Å². The molecule has 1 aliphatic heterocycles. The Morgan fingerprint density at radius 1 is 1.35 bits per heavy atom. The summed E-state index contributed by atoms with van der Waals surface area (Å²) in [4.78, 5) is 25.8. The van der Waals surface area contributed by atoms with Gasteiger partial charge in [-0.05, 0) is 31.7 Å². The van der Waals surface area contributed by atoms with Crippen molar-refractivity contribution >= 4 is 11.9 Å². The highest BCUT2D eigenvalue weighted by atomic mass is 16.5. The fraction of sp³-hybridized carbons (Fsp3) is 0.500. The van der Waals surface area contributed by atoms with Crippen LogP contribution in [0.25, 0.3) is 0 Å². The maximum Gasteiger partial charge on any atom is 0.321 e. The number of methoxy groups -OCH3 is 1. The Bertz CT molecular complexity index is 486. The third-order valence-electron chi connectivity index (χ3n) is 4.01. The van der Waals surface area contributed by atoms with Crippen molar-refractivity contribution in [3.8, 4) is 0 Å². The molecule has 1 aromatic rings. The lowest BCUT2D eigenvalue weighted by molar-refractivity contribution is -0.157. The van der Waals surface area contributed by atoms with E-state index in [0.717, 1.165) is 12.8 Å². The number of carbonyl (C=O) groups excluding carboxylic acids is 2. The van der Waals surface area contributed by atoms with Crippen LogP contribution in [0.2, 0.25) is 0 Å². The maximum atomic E-state index is 12.3. The molecule has 2 rings (SSSR count). The molecule has 1 saturated heterocycles. The largest absolute Gasteiger partial charge is 0.468 e. The van der Waals surface area contributed by atoms with E-state index in [1.165, 1.54) is 12.7 Å². The molecular formula is C16H21NO3. The number of rotatable bonds is 5. The van der Waals surface area contributed by atoms with E-state index >= 15 is 0 Å². The van der Waals surface area contributed by atoms with Crippen LogP contribution in [0.3, 0.4) is 0 Å². The number of esters is 1. The van der Waals surface area contributed by atoms with Crippen molar-refractivity contribution in [3.05, 3.63) is 35.9 Å². The van der Waals surface area contributed by atoms with Gasteiger partial charge in [0, 0.05) is 13.1 Å². The quantitative estimate of drug-likeness (QED) is 0.610. The molecule has 4 heteroatoms. The molecule has 20 heavy (non-hydrogen) atoms. The van der Waals surface area contributed by atoms with Crippen LogP contribution in [0.4, 0.5) is 0 Å². The summed E-state index contributed by atoms with van der Waals surface area (Å²) in [5.41, 5.74) is 0.288. The Morgan fingerprint density at radius 3 is 2.70 bits per heavy atom. The molecule has 1 amide bonds. The number of ether oxygens (including phenoxy) is 1. The van der Waals surface area contributed by atoms with Gasteiger partial charge in [-0.2, -0.15) is 0 Å². The second-order valence-corrected chi connectivity index (χ2v) is 5.46. The fourth-order valence-corrected chi connectivity index (χ4v) is 2.66. The summed E-state index contributed by atoms with van der Waals surface area (Å²) in [6.45, 7) is 3.01. The van der Waals surface area contributed by atoms with Gasteiger partial charge in [0.25, 0.3) is 0 Å². The maximum absolute atomic E-state index is 12.3. The van der Waals surface area contributed by atoms with Gasteiger partial charge in [0.1, 0.15) is 5.41 Å². The Kier molecular flexibility index (Phi) is 4.42. The Labute approximate surface area is 119 Å². The van der Waals surface area contributed by atoms with Crippen molar-refractivity contribution in [3.63, 3.8) is 0 Å². The van der Waals surface area contributed by atoms with Crippen LogP contribution in [0.1, 0.15) is 25.3 Å². The van der Waals surface area contributed by atoms with Gasteiger partial charge in [-0.3, -0.25) is 9.59 Å². The number of amides is 1. The summed E-state index contributed by atoms with van der Waals surface area (Å²) in [6, 6.07) is 10.2. The van der Waals surface area contributed by atoms with E-state index < -0.39 is 11.4 Å². The second kappa shape index (κ2) is 6.07. The molecule has 0 spiro atoms. The van der Waals surface area contributed by atoms with Crippen molar-refractivity contribution in [1.82, 2.24) is 4.90 Å². The number of nitrogens with zero attached hydrogens (tertiary/aromatic N) is 1. The molecule has 0 saturated carbocycles. The lowest BCUT2D eigenvalue weighted by Gasteiger charge is -2.21. The zero-order valence-corrected chi connectivity index (χ0v) is 12.1. The number of carbonyl (C=O) groups is 2. The smallest absolute Gasteiger partial charge is 0.321 e. The number of hydrogen-bond donors (Lipinski definition) is 0. The van der Waals surface area contributed by atoms with Crippen LogP contribution < -0.4 is 0 Å². The van der Waals surface area contributed by atoms with Gasteiger partial charge in [-0.15, -0.1) is 0 Å². The topological polar surface area (TPSA) is 46.6 Å². The molecule has 1 atom stereocenters. The predicted molar refractivity (Wildman–Crippen MR) is 76.1 cm³/mol. The highest BCUT2D eigenvalue weighted by Gasteiger charge is 2.49. The summed E-state index contributed by atoms with van der Waals surface area (Å²) in [6.07, 6.45) is 2.40. The van der Waals surface area contributed by atoms with Gasteiger partial charge in [0.05, 0.1) is 7.11 Å². The molecule has 1 heterocycles. The van der Waals surface area contributed by atoms with Crippen LogP contribution in [0, 0.1) is 5.41 Å². The third-order valence-corrected chi connectivity index (χ3v) is 4.01. The molecule has 0 radical (unpaired) electrons. The number of likely N-dealkylation sites (tertiary alicyclic amines) is 1. The van der Waals surface area contributed by atoms with E-state index in [-0.39, 0.29) is 5.91 Å². The summed E-state index contributed by atoms with van der Waals surface area (Å²) in [5, 5.41) is 0. The molecule has 0 aromatic heterocycles. The minimum Gasteiger partial charge on any atom is -0.468 e. The highest BCUT2D eigenvalue weighted by Crippen LogP contribution is 2.32. The fourth-order valence-electron chi connectivity index (χ4n) is 2.66. The van der Waals surface area contributed by atoms with Crippen LogP contribution >= 0.6 is 0 Å². The summed E-state index contributed by atoms with van der Waals surface area (Å²) < 4.78 is 4.74. The molecule has 108 valence electrons. The Hall–Kier alpha value is -1.84. The van der Waals surface area contributed by atoms with Gasteiger partial charge in [0.15, 0.2) is 0 Å². The van der Waals surface area contributed by atoms with Crippen molar-refractivity contribution in [2.45, 2.75) is 26.2 Å². The SMILES string of the molecule is COC(=O)C1(C)CCN(CCCc2ccccc2)C1=O. The van der Waals surface area contributed by atoms with Gasteiger partial charge in [-0.25, -0.2) is 0 Å². The first-order valence-corrected chi connectivity index (χ1v) is 6.99. The lowest BCUT2D eigenvalue weighted by Crippen LogP contribution is -2.39. The first-order valence-electron chi connectivity index (χ1n) is 6.99. The standard InChI is InChI=1S/C16H21NO3/c1-16(15(19)20-2)10-12-17(14(16)18)11-6-9-13-7-4-3-5-8-13/h3-5,7-8H,6,9-12H2,1-2H3.